The molecule has 2 atom stereocenters. The highest BCUT2D eigenvalue weighted by Crippen LogP contribution is 2.54. The normalized spacial score (nSPS) is 23.0. The zero-order valence-electron chi connectivity index (χ0n) is 17.3. The lowest BCUT2D eigenvalue weighted by Gasteiger charge is -2.40. The van der Waals surface area contributed by atoms with Crippen LogP contribution in [-0.4, -0.2) is 42.9 Å². The number of aryl methyl sites for hydroxylation is 1. The van der Waals surface area contributed by atoms with Gasteiger partial charge in [0.05, 0.1) is 11.3 Å². The molecular formula is C24H26F4N2S. The molecule has 5 rings (SSSR count). The van der Waals surface area contributed by atoms with Gasteiger partial charge in [-0.3, -0.25) is 0 Å². The summed E-state index contributed by atoms with van der Waals surface area (Å²) < 4.78 is 54.6. The standard InChI is InChI=1S/C24H26F4N2S/c25-17-6-4-16(5-7-17)3-1-2-11-29-12-10-20-18(15-29)22-19(24(26,27)28)8-9-21-23(22)30(20)13-14-31-21/h4-9,18,20H,1-3,10-15H2/t18-,20+/m0/s1. The first-order valence-corrected chi connectivity index (χ1v) is 12.0. The lowest BCUT2D eigenvalue weighted by atomic mass is 9.86. The average Bonchev–Trinajstić information content (AvgIpc) is 3.08. The van der Waals surface area contributed by atoms with Crippen molar-refractivity contribution in [3.8, 4) is 0 Å². The van der Waals surface area contributed by atoms with Crippen molar-refractivity contribution in [1.29, 1.82) is 0 Å². The van der Waals surface area contributed by atoms with Gasteiger partial charge in [0, 0.05) is 42.2 Å². The molecular weight excluding hydrogens is 424 g/mol. The summed E-state index contributed by atoms with van der Waals surface area (Å²) in [5.41, 5.74) is 2.08. The molecule has 0 saturated carbocycles. The van der Waals surface area contributed by atoms with Crippen LogP contribution in [0.3, 0.4) is 0 Å². The first-order chi connectivity index (χ1) is 14.9. The van der Waals surface area contributed by atoms with Crippen LogP contribution in [0.1, 0.15) is 41.9 Å². The van der Waals surface area contributed by atoms with Crippen molar-refractivity contribution >= 4 is 17.4 Å². The second kappa shape index (κ2) is 8.32. The van der Waals surface area contributed by atoms with Crippen molar-refractivity contribution in [3.63, 3.8) is 0 Å². The minimum atomic E-state index is -4.32. The first kappa shape index (κ1) is 21.1. The van der Waals surface area contributed by atoms with Gasteiger partial charge in [-0.1, -0.05) is 12.1 Å². The molecule has 0 spiro atoms. The van der Waals surface area contributed by atoms with E-state index in [0.717, 1.165) is 67.2 Å². The second-order valence-electron chi connectivity index (χ2n) is 8.76. The summed E-state index contributed by atoms with van der Waals surface area (Å²) in [7, 11) is 0. The number of rotatable bonds is 5. The number of alkyl halides is 3. The Kier molecular flexibility index (Phi) is 5.67. The number of likely N-dealkylation sites (tertiary alicyclic amines) is 1. The van der Waals surface area contributed by atoms with Crippen LogP contribution in [0.4, 0.5) is 23.2 Å². The number of hydrogen-bond donors (Lipinski definition) is 0. The van der Waals surface area contributed by atoms with Crippen LogP contribution in [0, 0.1) is 5.82 Å². The van der Waals surface area contributed by atoms with Gasteiger partial charge in [-0.25, -0.2) is 4.39 Å². The summed E-state index contributed by atoms with van der Waals surface area (Å²) in [6.45, 7) is 3.37. The third-order valence-electron chi connectivity index (χ3n) is 6.90. The van der Waals surface area contributed by atoms with Gasteiger partial charge in [0.2, 0.25) is 0 Å². The topological polar surface area (TPSA) is 6.48 Å². The Bertz CT molecular complexity index is 944. The zero-order valence-corrected chi connectivity index (χ0v) is 18.1. The molecule has 7 heteroatoms. The molecule has 0 aromatic heterocycles. The summed E-state index contributed by atoms with van der Waals surface area (Å²) in [4.78, 5) is 5.62. The fourth-order valence-corrected chi connectivity index (χ4v) is 6.54. The Morgan fingerprint density at radius 3 is 2.58 bits per heavy atom. The van der Waals surface area contributed by atoms with Crippen LogP contribution < -0.4 is 4.90 Å². The summed E-state index contributed by atoms with van der Waals surface area (Å²) in [6.07, 6.45) is -0.514. The molecule has 3 heterocycles. The largest absolute Gasteiger partial charge is 0.416 e. The molecule has 0 radical (unpaired) electrons. The maximum Gasteiger partial charge on any atom is 0.416 e. The molecule has 0 amide bonds. The van der Waals surface area contributed by atoms with Crippen molar-refractivity contribution in [3.05, 3.63) is 58.9 Å². The van der Waals surface area contributed by atoms with E-state index in [1.54, 1.807) is 17.8 Å². The molecule has 3 aliphatic heterocycles. The van der Waals surface area contributed by atoms with E-state index in [2.05, 4.69) is 9.80 Å². The van der Waals surface area contributed by atoms with Gasteiger partial charge in [-0.2, -0.15) is 13.2 Å². The van der Waals surface area contributed by atoms with E-state index in [1.165, 1.54) is 18.2 Å². The van der Waals surface area contributed by atoms with Gasteiger partial charge in [0.1, 0.15) is 5.82 Å². The number of thioether (sulfide) groups is 1. The number of hydrogen-bond acceptors (Lipinski definition) is 3. The Hall–Kier alpha value is -1.73. The van der Waals surface area contributed by atoms with Crippen LogP contribution in [0.15, 0.2) is 41.3 Å². The molecule has 0 unspecified atom stereocenters. The Morgan fingerprint density at radius 2 is 1.81 bits per heavy atom. The smallest absolute Gasteiger partial charge is 0.366 e. The molecule has 0 N–H and O–H groups in total. The van der Waals surface area contributed by atoms with Crippen molar-refractivity contribution in [2.24, 2.45) is 0 Å². The third kappa shape index (κ3) is 4.07. The quantitative estimate of drug-likeness (QED) is 0.411. The number of benzene rings is 2. The zero-order chi connectivity index (χ0) is 21.6. The van der Waals surface area contributed by atoms with E-state index in [9.17, 15) is 17.6 Å². The lowest BCUT2D eigenvalue weighted by molar-refractivity contribution is -0.138. The Balaban J connectivity index is 1.28. The number of halogens is 4. The SMILES string of the molecule is Fc1ccc(CCCCN2CC[C@@H]3[C@H](C2)c2c(C(F)(F)F)ccc4c2N3CCS4)cc1. The van der Waals surface area contributed by atoms with Gasteiger partial charge in [0.25, 0.3) is 0 Å². The second-order valence-corrected chi connectivity index (χ2v) is 9.90. The number of nitrogens with zero attached hydrogens (tertiary/aromatic N) is 2. The van der Waals surface area contributed by atoms with E-state index in [0.29, 0.717) is 12.1 Å². The summed E-state index contributed by atoms with van der Waals surface area (Å²) in [6, 6.07) is 9.77. The predicted octanol–water partition coefficient (Wildman–Crippen LogP) is 5.95. The Labute approximate surface area is 184 Å². The predicted molar refractivity (Wildman–Crippen MR) is 116 cm³/mol. The van der Waals surface area contributed by atoms with Crippen LogP contribution in [-0.2, 0) is 12.6 Å². The van der Waals surface area contributed by atoms with E-state index in [1.807, 2.05) is 12.1 Å². The highest BCUT2D eigenvalue weighted by molar-refractivity contribution is 7.99. The first-order valence-electron chi connectivity index (χ1n) is 11.0. The van der Waals surface area contributed by atoms with E-state index < -0.39 is 11.7 Å². The molecule has 1 fully saturated rings. The molecule has 3 aliphatic rings. The number of fused-ring (bicyclic) bond motifs is 3. The van der Waals surface area contributed by atoms with Gasteiger partial charge < -0.3 is 9.80 Å². The molecule has 2 nitrogen and oxygen atoms in total. The molecule has 2 aromatic rings. The third-order valence-corrected chi connectivity index (χ3v) is 7.92. The molecule has 1 saturated heterocycles. The van der Waals surface area contributed by atoms with Crippen LogP contribution in [0.25, 0.3) is 0 Å². The van der Waals surface area contributed by atoms with Gasteiger partial charge in [0.15, 0.2) is 0 Å². The van der Waals surface area contributed by atoms with Gasteiger partial charge in [-0.15, -0.1) is 11.8 Å². The van der Waals surface area contributed by atoms with Crippen LogP contribution in [0.5, 0.6) is 0 Å². The van der Waals surface area contributed by atoms with Crippen molar-refractivity contribution in [1.82, 2.24) is 4.90 Å². The van der Waals surface area contributed by atoms with E-state index in [4.69, 9.17) is 0 Å². The maximum absolute atomic E-state index is 13.9. The number of unbranched alkanes of at least 4 members (excludes halogenated alkanes) is 1. The van der Waals surface area contributed by atoms with Crippen molar-refractivity contribution in [2.45, 2.75) is 48.7 Å². The average molecular weight is 451 g/mol. The van der Waals surface area contributed by atoms with Gasteiger partial charge >= 0.3 is 6.18 Å². The Morgan fingerprint density at radius 1 is 1.00 bits per heavy atom. The summed E-state index contributed by atoms with van der Waals surface area (Å²) >= 11 is 1.68. The van der Waals surface area contributed by atoms with E-state index >= 15 is 0 Å². The maximum atomic E-state index is 13.9. The minimum Gasteiger partial charge on any atom is -0.366 e. The molecule has 31 heavy (non-hydrogen) atoms. The summed E-state index contributed by atoms with van der Waals surface area (Å²) in [5.74, 6) is 0.645. The molecule has 2 aromatic carbocycles. The van der Waals surface area contributed by atoms with Crippen LogP contribution >= 0.6 is 11.8 Å². The minimum absolute atomic E-state index is 0.0730. The fraction of sp³-hybridized carbons (Fsp3) is 0.500. The van der Waals surface area contributed by atoms with E-state index in [-0.39, 0.29) is 17.8 Å². The number of anilines is 1. The van der Waals surface area contributed by atoms with Crippen molar-refractivity contribution in [2.75, 3.05) is 36.8 Å². The highest BCUT2D eigenvalue weighted by Gasteiger charge is 2.48. The molecule has 0 aliphatic carbocycles. The monoisotopic (exact) mass is 450 g/mol. The number of piperidine rings is 1. The summed E-state index contributed by atoms with van der Waals surface area (Å²) in [5, 5.41) is 0. The van der Waals surface area contributed by atoms with Crippen LogP contribution in [0.2, 0.25) is 0 Å². The van der Waals surface area contributed by atoms with Crippen molar-refractivity contribution < 1.29 is 17.6 Å². The fourth-order valence-electron chi connectivity index (χ4n) is 5.50. The molecule has 0 bridgehead atoms. The highest BCUT2D eigenvalue weighted by atomic mass is 32.2. The van der Waals surface area contributed by atoms with Gasteiger partial charge in [-0.05, 0) is 67.6 Å². The lowest BCUT2D eigenvalue weighted by Crippen LogP contribution is -2.47. The molecule has 166 valence electrons.